The van der Waals surface area contributed by atoms with Gasteiger partial charge < -0.3 is 11.1 Å². The molecule has 2 aromatic rings. The van der Waals surface area contributed by atoms with Crippen molar-refractivity contribution in [3.63, 3.8) is 0 Å². The number of alkyl halides is 3. The Morgan fingerprint density at radius 3 is 2.41 bits per heavy atom. The molecule has 0 unspecified atom stereocenters. The summed E-state index contributed by atoms with van der Waals surface area (Å²) < 4.78 is 38.8. The first-order valence-corrected chi connectivity index (χ1v) is 7.85. The molecule has 0 saturated heterocycles. The molecule has 7 nitrogen and oxygen atoms in total. The van der Waals surface area contributed by atoms with Crippen molar-refractivity contribution in [2.75, 3.05) is 0 Å². The Kier molecular flexibility index (Phi) is 8.00. The largest absolute Gasteiger partial charge is 0.417 e. The molecule has 0 bridgehead atoms. The molecule has 1 aliphatic carbocycles. The standard InChI is InChI=1S/C15H17F3N6O.2ClH/c16-15(17,18)9-1-6-13(20-7-9)24-8-12(22-23-24)14(25)21-11-4-2-10(19)3-5-11;;/h1,6-8,10-11H,2-5,19H2,(H,21,25);2*1H. The van der Waals surface area contributed by atoms with E-state index in [1.807, 2.05) is 0 Å². The number of nitrogens with zero attached hydrogens (tertiary/aromatic N) is 4. The molecule has 0 spiro atoms. The fourth-order valence-corrected chi connectivity index (χ4v) is 2.69. The molecule has 1 amide bonds. The summed E-state index contributed by atoms with van der Waals surface area (Å²) in [6.07, 6.45) is 0.909. The van der Waals surface area contributed by atoms with Crippen LogP contribution >= 0.6 is 24.8 Å². The smallest absolute Gasteiger partial charge is 0.348 e. The van der Waals surface area contributed by atoms with Gasteiger partial charge in [-0.25, -0.2) is 9.67 Å². The first-order chi connectivity index (χ1) is 11.8. The Bertz CT molecular complexity index is 745. The molecule has 1 fully saturated rings. The molecule has 0 aromatic carbocycles. The molecule has 3 N–H and O–H groups in total. The summed E-state index contributed by atoms with van der Waals surface area (Å²) in [5.41, 5.74) is 5.05. The molecule has 0 atom stereocenters. The first kappa shape index (κ1) is 23.1. The highest BCUT2D eigenvalue weighted by atomic mass is 35.5. The second kappa shape index (κ2) is 9.34. The number of halogens is 5. The molecular weight excluding hydrogens is 408 g/mol. The van der Waals surface area contributed by atoms with Crippen molar-refractivity contribution >= 4 is 30.7 Å². The molecule has 0 radical (unpaired) electrons. The van der Waals surface area contributed by atoms with E-state index in [9.17, 15) is 18.0 Å². The van der Waals surface area contributed by atoms with E-state index in [4.69, 9.17) is 5.73 Å². The molecule has 2 aromatic heterocycles. The second-order valence-electron chi connectivity index (χ2n) is 6.04. The first-order valence-electron chi connectivity index (χ1n) is 7.85. The molecule has 1 saturated carbocycles. The van der Waals surface area contributed by atoms with E-state index >= 15 is 0 Å². The summed E-state index contributed by atoms with van der Waals surface area (Å²) in [7, 11) is 0. The third kappa shape index (κ3) is 5.78. The zero-order valence-corrected chi connectivity index (χ0v) is 15.7. The Morgan fingerprint density at radius 1 is 1.19 bits per heavy atom. The molecule has 0 aliphatic heterocycles. The van der Waals surface area contributed by atoms with Crippen molar-refractivity contribution in [2.24, 2.45) is 5.73 Å². The van der Waals surface area contributed by atoms with Crippen molar-refractivity contribution in [3.8, 4) is 5.82 Å². The van der Waals surface area contributed by atoms with Crippen LogP contribution in [-0.2, 0) is 6.18 Å². The molecule has 12 heteroatoms. The van der Waals surface area contributed by atoms with Gasteiger partial charge in [0.2, 0.25) is 0 Å². The van der Waals surface area contributed by atoms with Crippen LogP contribution in [0, 0.1) is 0 Å². The highest BCUT2D eigenvalue weighted by molar-refractivity contribution is 5.92. The van der Waals surface area contributed by atoms with Gasteiger partial charge in [-0.3, -0.25) is 4.79 Å². The van der Waals surface area contributed by atoms with Gasteiger partial charge in [-0.05, 0) is 37.8 Å². The van der Waals surface area contributed by atoms with Gasteiger partial charge >= 0.3 is 6.18 Å². The van der Waals surface area contributed by atoms with Gasteiger partial charge in [0.25, 0.3) is 5.91 Å². The van der Waals surface area contributed by atoms with Crippen LogP contribution in [0.15, 0.2) is 24.5 Å². The van der Waals surface area contributed by atoms with Crippen LogP contribution in [0.1, 0.15) is 41.7 Å². The summed E-state index contributed by atoms with van der Waals surface area (Å²) in [6.45, 7) is 0. The number of aromatic nitrogens is 4. The number of rotatable bonds is 3. The van der Waals surface area contributed by atoms with Gasteiger partial charge in [-0.1, -0.05) is 5.21 Å². The quantitative estimate of drug-likeness (QED) is 0.785. The molecule has 1 aliphatic rings. The summed E-state index contributed by atoms with van der Waals surface area (Å²) in [6, 6.07) is 2.29. The van der Waals surface area contributed by atoms with Crippen molar-refractivity contribution in [3.05, 3.63) is 35.8 Å². The van der Waals surface area contributed by atoms with Crippen molar-refractivity contribution in [2.45, 2.75) is 43.9 Å². The Hall–Kier alpha value is -1.91. The van der Waals surface area contributed by atoms with Gasteiger partial charge in [-0.15, -0.1) is 29.9 Å². The zero-order valence-electron chi connectivity index (χ0n) is 14.0. The lowest BCUT2D eigenvalue weighted by atomic mass is 9.92. The van der Waals surface area contributed by atoms with Gasteiger partial charge in [0.05, 0.1) is 11.8 Å². The predicted molar refractivity (Wildman–Crippen MR) is 96.3 cm³/mol. The maximum atomic E-state index is 12.5. The maximum Gasteiger partial charge on any atom is 0.417 e. The molecule has 3 rings (SSSR count). The number of pyridine rings is 1. The van der Waals surface area contributed by atoms with Crippen LogP contribution in [0.4, 0.5) is 13.2 Å². The molecular formula is C15H19Cl2F3N6O. The number of nitrogens with one attached hydrogen (secondary N) is 1. The zero-order chi connectivity index (χ0) is 18.0. The van der Waals surface area contributed by atoms with Crippen molar-refractivity contribution < 1.29 is 18.0 Å². The molecule has 27 heavy (non-hydrogen) atoms. The van der Waals surface area contributed by atoms with E-state index in [0.717, 1.165) is 36.4 Å². The van der Waals surface area contributed by atoms with Gasteiger partial charge in [0.1, 0.15) is 0 Å². The number of carbonyl (C=O) groups is 1. The van der Waals surface area contributed by atoms with Crippen molar-refractivity contribution in [1.29, 1.82) is 0 Å². The minimum atomic E-state index is -4.46. The Balaban J connectivity index is 0.00000182. The SMILES string of the molecule is Cl.Cl.NC1CCC(NC(=O)c2cn(-c3ccc(C(F)(F)F)cn3)nn2)CC1. The average Bonchev–Trinajstić information content (AvgIpc) is 3.06. The summed E-state index contributed by atoms with van der Waals surface area (Å²) in [5.74, 6) is -0.234. The van der Waals surface area contributed by atoms with Crippen molar-refractivity contribution in [1.82, 2.24) is 25.3 Å². The van der Waals surface area contributed by atoms with E-state index in [1.54, 1.807) is 0 Å². The van der Waals surface area contributed by atoms with E-state index in [0.29, 0.717) is 6.20 Å². The maximum absolute atomic E-state index is 12.5. The number of hydrogen-bond donors (Lipinski definition) is 2. The van der Waals surface area contributed by atoms with Crippen LogP contribution in [0.25, 0.3) is 5.82 Å². The van der Waals surface area contributed by atoms with E-state index < -0.39 is 11.7 Å². The van der Waals surface area contributed by atoms with Crippen LogP contribution in [0.2, 0.25) is 0 Å². The highest BCUT2D eigenvalue weighted by Gasteiger charge is 2.30. The van der Waals surface area contributed by atoms with Gasteiger partial charge in [0.15, 0.2) is 11.5 Å². The Morgan fingerprint density at radius 2 is 1.85 bits per heavy atom. The Labute approximate surface area is 165 Å². The minimum Gasteiger partial charge on any atom is -0.348 e. The van der Waals surface area contributed by atoms with E-state index in [-0.39, 0.29) is 54.3 Å². The van der Waals surface area contributed by atoms with Gasteiger partial charge in [0, 0.05) is 18.3 Å². The monoisotopic (exact) mass is 426 g/mol. The summed E-state index contributed by atoms with van der Waals surface area (Å²) >= 11 is 0. The lowest BCUT2D eigenvalue weighted by Crippen LogP contribution is -2.40. The van der Waals surface area contributed by atoms with Gasteiger partial charge in [-0.2, -0.15) is 13.2 Å². The average molecular weight is 427 g/mol. The number of amides is 1. The summed E-state index contributed by atoms with van der Waals surface area (Å²) in [5, 5.41) is 10.4. The van der Waals surface area contributed by atoms with E-state index in [2.05, 4.69) is 20.6 Å². The van der Waals surface area contributed by atoms with E-state index in [1.165, 1.54) is 12.3 Å². The van der Waals surface area contributed by atoms with Crippen LogP contribution in [-0.4, -0.2) is 38.0 Å². The number of carbonyl (C=O) groups excluding carboxylic acids is 1. The second-order valence-corrected chi connectivity index (χ2v) is 6.04. The number of hydrogen-bond acceptors (Lipinski definition) is 5. The third-order valence-corrected chi connectivity index (χ3v) is 4.14. The minimum absolute atomic E-state index is 0. The normalized spacial score (nSPS) is 19.6. The highest BCUT2D eigenvalue weighted by Crippen LogP contribution is 2.28. The van der Waals surface area contributed by atoms with Crippen LogP contribution in [0.3, 0.4) is 0 Å². The number of nitrogens with two attached hydrogens (primary N) is 1. The topological polar surface area (TPSA) is 98.7 Å². The fourth-order valence-electron chi connectivity index (χ4n) is 2.69. The van der Waals surface area contributed by atoms with Crippen LogP contribution < -0.4 is 11.1 Å². The summed E-state index contributed by atoms with van der Waals surface area (Å²) in [4.78, 5) is 15.9. The third-order valence-electron chi connectivity index (χ3n) is 4.14. The lowest BCUT2D eigenvalue weighted by Gasteiger charge is -2.26. The van der Waals surface area contributed by atoms with Crippen LogP contribution in [0.5, 0.6) is 0 Å². The molecule has 150 valence electrons. The fraction of sp³-hybridized carbons (Fsp3) is 0.467. The lowest BCUT2D eigenvalue weighted by molar-refractivity contribution is -0.137. The predicted octanol–water partition coefficient (Wildman–Crippen LogP) is 2.52. The molecule has 2 heterocycles.